The van der Waals surface area contributed by atoms with Crippen molar-refractivity contribution < 1.29 is 13.9 Å². The van der Waals surface area contributed by atoms with Crippen LogP contribution in [0, 0.1) is 0 Å². The molecule has 10 aromatic carbocycles. The molecule has 13 rings (SSSR count). The Kier molecular flexibility index (Phi) is 7.48. The van der Waals surface area contributed by atoms with Crippen molar-refractivity contribution in [3.8, 4) is 22.3 Å². The molecule has 5 nitrogen and oxygen atoms in total. The van der Waals surface area contributed by atoms with Gasteiger partial charge >= 0.3 is 5.97 Å². The maximum Gasteiger partial charge on any atom is 0.338 e. The molecule has 3 aromatic heterocycles. The number of hydrogen-bond acceptors (Lipinski definition) is 5. The minimum Gasteiger partial charge on any atom is -0.465 e. The SMILES string of the molecule is COC(=O)c1cc(N(c2ccc(-c3cccc4ccccc34)cc2)c2ccc3oc4ccccc4c3c2)ccc1-c1cc2ccc3c4sc5ccccc5c4cc4[nH]c(c1)c2c43. The van der Waals surface area contributed by atoms with Crippen LogP contribution in [0.15, 0.2) is 186 Å². The molecule has 0 bridgehead atoms. The monoisotopic (exact) mass is 814 g/mol. The molecule has 0 radical (unpaired) electrons. The zero-order chi connectivity index (χ0) is 41.1. The predicted octanol–water partition coefficient (Wildman–Crippen LogP) is 15.9. The van der Waals surface area contributed by atoms with Crippen molar-refractivity contribution in [3.63, 3.8) is 0 Å². The summed E-state index contributed by atoms with van der Waals surface area (Å²) in [5.74, 6) is -0.403. The number of anilines is 3. The number of carbonyl (C=O) groups is 1. The van der Waals surface area contributed by atoms with Gasteiger partial charge < -0.3 is 19.0 Å². The largest absolute Gasteiger partial charge is 0.465 e. The van der Waals surface area contributed by atoms with E-state index in [1.807, 2.05) is 41.7 Å². The van der Waals surface area contributed by atoms with Gasteiger partial charge in [0.15, 0.2) is 0 Å². The third-order valence-corrected chi connectivity index (χ3v) is 13.9. The Morgan fingerprint density at radius 3 is 2.13 bits per heavy atom. The quantitative estimate of drug-likeness (QED) is 0.134. The highest BCUT2D eigenvalue weighted by Crippen LogP contribution is 2.46. The molecule has 0 spiro atoms. The molecule has 0 fully saturated rings. The van der Waals surface area contributed by atoms with Crippen LogP contribution in [0.2, 0.25) is 0 Å². The number of fused-ring (bicyclic) bond motifs is 8. The standard InChI is InChI=1S/C56H34N2O3S/c1-60-56(59)47-30-37(22-25-41(47)35-27-34-19-24-44-54-49(57-48(28-35)53(34)54)31-46-43-13-5-7-16-52(43)62-55(44)46)58(38-23-26-51-45(29-38)42-12-4-6-15-50(42)61-51)36-20-17-33(18-21-36)40-14-8-10-32-9-2-3-11-39(32)40/h2-31,57H,1H3. The van der Waals surface area contributed by atoms with E-state index in [1.165, 1.54) is 59.8 Å². The molecule has 0 unspecified atom stereocenters. The Labute approximate surface area is 359 Å². The smallest absolute Gasteiger partial charge is 0.338 e. The summed E-state index contributed by atoms with van der Waals surface area (Å²) < 4.78 is 14.4. The van der Waals surface area contributed by atoms with Crippen LogP contribution >= 0.6 is 11.3 Å². The first kappa shape index (κ1) is 34.9. The first-order valence-electron chi connectivity index (χ1n) is 20.7. The Hall–Kier alpha value is -7.93. The van der Waals surface area contributed by atoms with Crippen LogP contribution in [-0.2, 0) is 4.74 Å². The highest BCUT2D eigenvalue weighted by atomic mass is 32.1. The van der Waals surface area contributed by atoms with E-state index >= 15 is 0 Å². The molecule has 13 aromatic rings. The van der Waals surface area contributed by atoms with Crippen LogP contribution in [-0.4, -0.2) is 18.1 Å². The zero-order valence-electron chi connectivity index (χ0n) is 33.4. The second-order valence-electron chi connectivity index (χ2n) is 16.0. The summed E-state index contributed by atoms with van der Waals surface area (Å²) in [5.41, 5.74) is 11.0. The normalized spacial score (nSPS) is 12.0. The number of methoxy groups -OCH3 is 1. The summed E-state index contributed by atoms with van der Waals surface area (Å²) in [4.78, 5) is 19.9. The topological polar surface area (TPSA) is 58.5 Å². The molecule has 0 aliphatic carbocycles. The zero-order valence-corrected chi connectivity index (χ0v) is 34.2. The Morgan fingerprint density at radius 2 is 1.24 bits per heavy atom. The van der Waals surface area contributed by atoms with Crippen molar-refractivity contribution in [2.24, 2.45) is 0 Å². The van der Waals surface area contributed by atoms with Crippen LogP contribution in [0.25, 0.3) is 108 Å². The number of esters is 1. The van der Waals surface area contributed by atoms with E-state index in [4.69, 9.17) is 9.15 Å². The van der Waals surface area contributed by atoms with Crippen LogP contribution < -0.4 is 4.90 Å². The Morgan fingerprint density at radius 1 is 0.516 bits per heavy atom. The maximum atomic E-state index is 14.0. The van der Waals surface area contributed by atoms with Crippen molar-refractivity contribution in [3.05, 3.63) is 188 Å². The van der Waals surface area contributed by atoms with E-state index in [2.05, 4.69) is 162 Å². The first-order valence-corrected chi connectivity index (χ1v) is 21.5. The number of furan rings is 1. The molecule has 62 heavy (non-hydrogen) atoms. The second kappa shape index (κ2) is 13.3. The van der Waals surface area contributed by atoms with Gasteiger partial charge in [0, 0.05) is 75.2 Å². The molecule has 0 saturated carbocycles. The lowest BCUT2D eigenvalue weighted by Gasteiger charge is -2.27. The van der Waals surface area contributed by atoms with E-state index in [9.17, 15) is 4.79 Å². The molecular formula is C56H34N2O3S. The minimum absolute atomic E-state index is 0.403. The van der Waals surface area contributed by atoms with Gasteiger partial charge in [-0.15, -0.1) is 11.3 Å². The Bertz CT molecular complexity index is 3940. The number of para-hydroxylation sites is 1. The summed E-state index contributed by atoms with van der Waals surface area (Å²) in [6, 6.07) is 63.9. The van der Waals surface area contributed by atoms with Crippen LogP contribution in [0.5, 0.6) is 0 Å². The lowest BCUT2D eigenvalue weighted by atomic mass is 9.94. The fourth-order valence-corrected chi connectivity index (χ4v) is 11.0. The molecule has 0 aliphatic rings. The number of aromatic amines is 1. The van der Waals surface area contributed by atoms with Crippen LogP contribution in [0.3, 0.4) is 0 Å². The van der Waals surface area contributed by atoms with Gasteiger partial charge in [0.2, 0.25) is 0 Å². The molecule has 6 heteroatoms. The molecule has 1 N–H and O–H groups in total. The number of nitrogens with zero attached hydrogens (tertiary/aromatic N) is 1. The number of benzene rings is 10. The van der Waals surface area contributed by atoms with Crippen molar-refractivity contribution in [1.29, 1.82) is 0 Å². The lowest BCUT2D eigenvalue weighted by molar-refractivity contribution is 0.0601. The second-order valence-corrected chi connectivity index (χ2v) is 17.1. The van der Waals surface area contributed by atoms with Gasteiger partial charge in [0.1, 0.15) is 11.2 Å². The predicted molar refractivity (Wildman–Crippen MR) is 259 cm³/mol. The number of H-pyrrole nitrogens is 1. The van der Waals surface area contributed by atoms with E-state index in [1.54, 1.807) is 0 Å². The Balaban J connectivity index is 0.975. The number of nitrogens with one attached hydrogen (secondary N) is 1. The van der Waals surface area contributed by atoms with Gasteiger partial charge in [-0.1, -0.05) is 109 Å². The lowest BCUT2D eigenvalue weighted by Crippen LogP contribution is -2.12. The molecule has 0 saturated heterocycles. The van der Waals surface area contributed by atoms with E-state index in [0.717, 1.165) is 72.1 Å². The van der Waals surface area contributed by atoms with E-state index < -0.39 is 5.97 Å². The van der Waals surface area contributed by atoms with Gasteiger partial charge in [0.05, 0.1) is 12.7 Å². The fourth-order valence-electron chi connectivity index (χ4n) is 9.83. The number of thiophene rings is 1. The number of aromatic nitrogens is 1. The van der Waals surface area contributed by atoms with Gasteiger partial charge in [-0.05, 0) is 111 Å². The first-order chi connectivity index (χ1) is 30.6. The van der Waals surface area contributed by atoms with E-state index in [-0.39, 0.29) is 0 Å². The van der Waals surface area contributed by atoms with Gasteiger partial charge in [-0.25, -0.2) is 4.79 Å². The highest BCUT2D eigenvalue weighted by Gasteiger charge is 2.23. The van der Waals surface area contributed by atoms with Gasteiger partial charge in [-0.2, -0.15) is 0 Å². The third-order valence-electron chi connectivity index (χ3n) is 12.6. The summed E-state index contributed by atoms with van der Waals surface area (Å²) in [6.07, 6.45) is 0. The molecule has 3 heterocycles. The number of hydrogen-bond donors (Lipinski definition) is 1. The number of carbonyl (C=O) groups excluding carboxylic acids is 1. The van der Waals surface area contributed by atoms with Gasteiger partial charge in [-0.3, -0.25) is 0 Å². The highest BCUT2D eigenvalue weighted by molar-refractivity contribution is 7.26. The van der Waals surface area contributed by atoms with Crippen molar-refractivity contribution >= 4 is 120 Å². The summed E-state index contributed by atoms with van der Waals surface area (Å²) in [6.45, 7) is 0. The molecule has 0 amide bonds. The van der Waals surface area contributed by atoms with Crippen LogP contribution in [0.4, 0.5) is 17.1 Å². The number of rotatable bonds is 6. The van der Waals surface area contributed by atoms with Crippen molar-refractivity contribution in [1.82, 2.24) is 4.98 Å². The summed E-state index contributed by atoms with van der Waals surface area (Å²) in [5, 5.41) is 11.9. The summed E-state index contributed by atoms with van der Waals surface area (Å²) in [7, 11) is 1.45. The average molecular weight is 815 g/mol. The molecule has 0 aliphatic heterocycles. The minimum atomic E-state index is -0.403. The van der Waals surface area contributed by atoms with Crippen molar-refractivity contribution in [2.75, 3.05) is 12.0 Å². The van der Waals surface area contributed by atoms with E-state index in [0.29, 0.717) is 5.56 Å². The molecule has 0 atom stereocenters. The fraction of sp³-hybridized carbons (Fsp3) is 0.0179. The maximum absolute atomic E-state index is 14.0. The third kappa shape index (κ3) is 5.17. The molecular weight excluding hydrogens is 781 g/mol. The number of ether oxygens (including phenoxy) is 1. The molecule has 292 valence electrons. The summed E-state index contributed by atoms with van der Waals surface area (Å²) >= 11 is 1.85. The van der Waals surface area contributed by atoms with Crippen molar-refractivity contribution in [2.45, 2.75) is 0 Å². The van der Waals surface area contributed by atoms with Crippen LogP contribution in [0.1, 0.15) is 10.4 Å². The average Bonchev–Trinajstić information content (AvgIpc) is 4.02. The van der Waals surface area contributed by atoms with Gasteiger partial charge in [0.25, 0.3) is 0 Å².